The molecule has 0 aliphatic carbocycles. The number of carbonyl (C=O) groups is 3. The van der Waals surface area contributed by atoms with Gasteiger partial charge >= 0.3 is 17.9 Å². The number of hydrogen-bond acceptors (Lipinski definition) is 5. The molecule has 0 aliphatic heterocycles. The molecule has 0 saturated carbocycles. The lowest BCUT2D eigenvalue weighted by Crippen LogP contribution is -2.21. The zero-order valence-corrected chi connectivity index (χ0v) is 10.7. The van der Waals surface area contributed by atoms with E-state index in [2.05, 4.69) is 11.3 Å². The van der Waals surface area contributed by atoms with Gasteiger partial charge in [0.1, 0.15) is 0 Å². The summed E-state index contributed by atoms with van der Waals surface area (Å²) in [4.78, 5) is 32.9. The van der Waals surface area contributed by atoms with Gasteiger partial charge in [0.05, 0.1) is 23.9 Å². The van der Waals surface area contributed by atoms with Crippen LogP contribution in [0.3, 0.4) is 0 Å². The Morgan fingerprint density at radius 3 is 2.05 bits per heavy atom. The molecule has 0 aromatic carbocycles. The average Bonchev–Trinajstić information content (AvgIpc) is 2.25. The van der Waals surface area contributed by atoms with Crippen molar-refractivity contribution in [3.8, 4) is 0 Å². The van der Waals surface area contributed by atoms with Gasteiger partial charge in [-0.05, 0) is 13.8 Å². The second-order valence-corrected chi connectivity index (χ2v) is 3.84. The molecule has 106 valence electrons. The molecule has 0 aromatic heterocycles. The van der Waals surface area contributed by atoms with Crippen molar-refractivity contribution in [3.63, 3.8) is 0 Å². The van der Waals surface area contributed by atoms with Gasteiger partial charge in [0.2, 0.25) is 0 Å². The molecule has 7 nitrogen and oxygen atoms in total. The van der Waals surface area contributed by atoms with Gasteiger partial charge in [-0.3, -0.25) is 0 Å². The van der Waals surface area contributed by atoms with Crippen molar-refractivity contribution >= 4 is 17.9 Å². The number of ether oxygens (including phenoxy) is 1. The summed E-state index contributed by atoms with van der Waals surface area (Å²) in [6, 6.07) is 0. The maximum absolute atomic E-state index is 11.1. The first-order chi connectivity index (χ1) is 8.68. The Morgan fingerprint density at radius 2 is 1.74 bits per heavy atom. The largest absolute Gasteiger partial charge is 0.478 e. The van der Waals surface area contributed by atoms with Crippen molar-refractivity contribution in [2.75, 3.05) is 6.61 Å². The standard InChI is InChI=1S/C12H16O7/c1-6(2)12(18)19-5-4-8(10(14)15)9(7(3)13)11(16)17/h7,13H,1,4-5H2,2-3H3,(H,14,15)(H,16,17)/b9-8-. The monoisotopic (exact) mass is 272 g/mol. The highest BCUT2D eigenvalue weighted by molar-refractivity contribution is 5.99. The smallest absolute Gasteiger partial charge is 0.334 e. The first kappa shape index (κ1) is 16.9. The molecule has 3 N–H and O–H groups in total. The lowest BCUT2D eigenvalue weighted by molar-refractivity contribution is -0.140. The van der Waals surface area contributed by atoms with Crippen molar-refractivity contribution in [1.82, 2.24) is 0 Å². The van der Waals surface area contributed by atoms with E-state index in [4.69, 9.17) is 10.2 Å². The van der Waals surface area contributed by atoms with E-state index in [1.807, 2.05) is 0 Å². The summed E-state index contributed by atoms with van der Waals surface area (Å²) in [5.74, 6) is -3.71. The number of esters is 1. The van der Waals surface area contributed by atoms with Gasteiger partial charge in [0.15, 0.2) is 0 Å². The van der Waals surface area contributed by atoms with E-state index in [0.29, 0.717) is 0 Å². The number of aliphatic hydroxyl groups excluding tert-OH is 1. The molecule has 1 unspecified atom stereocenters. The predicted molar refractivity (Wildman–Crippen MR) is 64.4 cm³/mol. The van der Waals surface area contributed by atoms with Crippen LogP contribution in [0.4, 0.5) is 0 Å². The Labute approximate surface area is 109 Å². The molecular weight excluding hydrogens is 256 g/mol. The fraction of sp³-hybridized carbons (Fsp3) is 0.417. The van der Waals surface area contributed by atoms with Crippen LogP contribution < -0.4 is 0 Å². The molecule has 0 radical (unpaired) electrons. The van der Waals surface area contributed by atoms with Crippen LogP contribution in [0, 0.1) is 0 Å². The first-order valence-corrected chi connectivity index (χ1v) is 5.38. The van der Waals surface area contributed by atoms with Crippen molar-refractivity contribution in [2.45, 2.75) is 26.4 Å². The molecule has 7 heteroatoms. The Morgan fingerprint density at radius 1 is 1.21 bits per heavy atom. The van der Waals surface area contributed by atoms with E-state index in [1.54, 1.807) is 0 Å². The van der Waals surface area contributed by atoms with Crippen LogP contribution in [0.1, 0.15) is 20.3 Å². The molecule has 0 heterocycles. The highest BCUT2D eigenvalue weighted by atomic mass is 16.5. The Balaban J connectivity index is 4.99. The zero-order chi connectivity index (χ0) is 15.2. The van der Waals surface area contributed by atoms with E-state index in [0.717, 1.165) is 6.92 Å². The molecule has 0 fully saturated rings. The zero-order valence-electron chi connectivity index (χ0n) is 10.7. The van der Waals surface area contributed by atoms with E-state index in [1.165, 1.54) is 6.92 Å². The van der Waals surface area contributed by atoms with Crippen LogP contribution in [0.25, 0.3) is 0 Å². The SMILES string of the molecule is C=C(C)C(=O)OCC/C(C(=O)O)=C(/C(=O)O)C(C)O. The fourth-order valence-corrected chi connectivity index (χ4v) is 1.29. The van der Waals surface area contributed by atoms with E-state index in [-0.39, 0.29) is 18.6 Å². The number of carbonyl (C=O) groups excluding carboxylic acids is 1. The third kappa shape index (κ3) is 5.35. The van der Waals surface area contributed by atoms with Gasteiger partial charge in [-0.25, -0.2) is 14.4 Å². The van der Waals surface area contributed by atoms with Gasteiger partial charge in [-0.15, -0.1) is 0 Å². The molecule has 0 amide bonds. The van der Waals surface area contributed by atoms with Gasteiger partial charge in [-0.2, -0.15) is 0 Å². The molecule has 0 saturated heterocycles. The van der Waals surface area contributed by atoms with Crippen molar-refractivity contribution in [3.05, 3.63) is 23.3 Å². The molecule has 1 atom stereocenters. The predicted octanol–water partition coefficient (Wildman–Crippen LogP) is 0.342. The summed E-state index contributed by atoms with van der Waals surface area (Å²) in [6.45, 7) is 5.60. The molecule has 0 aromatic rings. The number of carboxylic acid groups (broad SMARTS) is 2. The summed E-state index contributed by atoms with van der Waals surface area (Å²) < 4.78 is 4.68. The van der Waals surface area contributed by atoms with Crippen LogP contribution in [0.2, 0.25) is 0 Å². The lowest BCUT2D eigenvalue weighted by atomic mass is 10.0. The molecule has 0 bridgehead atoms. The summed E-state index contributed by atoms with van der Waals surface area (Å²) in [6.07, 6.45) is -1.76. The molecule has 0 aliphatic rings. The van der Waals surface area contributed by atoms with Crippen LogP contribution in [0.15, 0.2) is 23.3 Å². The van der Waals surface area contributed by atoms with E-state index < -0.39 is 35.2 Å². The summed E-state index contributed by atoms with van der Waals surface area (Å²) in [5, 5.41) is 27.1. The summed E-state index contributed by atoms with van der Waals surface area (Å²) in [5.41, 5.74) is -0.981. The van der Waals surface area contributed by atoms with Crippen LogP contribution >= 0.6 is 0 Å². The van der Waals surface area contributed by atoms with Gasteiger partial charge in [-0.1, -0.05) is 6.58 Å². The molecular formula is C12H16O7. The van der Waals surface area contributed by atoms with Gasteiger partial charge in [0.25, 0.3) is 0 Å². The molecule has 19 heavy (non-hydrogen) atoms. The van der Waals surface area contributed by atoms with Crippen molar-refractivity contribution < 1.29 is 34.4 Å². The van der Waals surface area contributed by atoms with Gasteiger partial charge in [0, 0.05) is 12.0 Å². The van der Waals surface area contributed by atoms with E-state index in [9.17, 15) is 19.5 Å². The van der Waals surface area contributed by atoms with Crippen LogP contribution in [-0.2, 0) is 19.1 Å². The van der Waals surface area contributed by atoms with Gasteiger partial charge < -0.3 is 20.1 Å². The number of hydrogen-bond donors (Lipinski definition) is 3. The third-order valence-corrected chi connectivity index (χ3v) is 2.17. The maximum atomic E-state index is 11.1. The van der Waals surface area contributed by atoms with Crippen molar-refractivity contribution in [1.29, 1.82) is 0 Å². The Hall–Kier alpha value is -2.15. The summed E-state index contributed by atoms with van der Waals surface area (Å²) in [7, 11) is 0. The average molecular weight is 272 g/mol. The topological polar surface area (TPSA) is 121 Å². The second kappa shape index (κ2) is 7.32. The number of carboxylic acids is 2. The van der Waals surface area contributed by atoms with Crippen LogP contribution in [0.5, 0.6) is 0 Å². The minimum absolute atomic E-state index is 0.148. The van der Waals surface area contributed by atoms with E-state index >= 15 is 0 Å². The number of rotatable bonds is 7. The maximum Gasteiger partial charge on any atom is 0.334 e. The summed E-state index contributed by atoms with van der Waals surface area (Å²) >= 11 is 0. The molecule has 0 spiro atoms. The highest BCUT2D eigenvalue weighted by Gasteiger charge is 2.24. The minimum Gasteiger partial charge on any atom is -0.478 e. The highest BCUT2D eigenvalue weighted by Crippen LogP contribution is 2.14. The fourth-order valence-electron chi connectivity index (χ4n) is 1.29. The Bertz CT molecular complexity index is 431. The third-order valence-electron chi connectivity index (χ3n) is 2.17. The number of aliphatic hydroxyl groups is 1. The van der Waals surface area contributed by atoms with Crippen LogP contribution in [-0.4, -0.2) is 45.9 Å². The quantitative estimate of drug-likeness (QED) is 0.451. The normalized spacial score (nSPS) is 13.2. The van der Waals surface area contributed by atoms with Crippen molar-refractivity contribution in [2.24, 2.45) is 0 Å². The second-order valence-electron chi connectivity index (χ2n) is 3.84. The minimum atomic E-state index is -1.53. The molecule has 0 rings (SSSR count). The Kier molecular flexibility index (Phi) is 6.49. The lowest BCUT2D eigenvalue weighted by Gasteiger charge is -2.11. The number of aliphatic carboxylic acids is 2. The first-order valence-electron chi connectivity index (χ1n) is 5.38.